The third-order valence-corrected chi connectivity index (χ3v) is 4.43. The van der Waals surface area contributed by atoms with Crippen molar-refractivity contribution in [3.63, 3.8) is 0 Å². The Kier molecular flexibility index (Phi) is 4.25. The number of fused-ring (bicyclic) bond motifs is 1. The molecular weight excluding hydrogens is 234 g/mol. The van der Waals surface area contributed by atoms with E-state index in [9.17, 15) is 0 Å². The van der Waals surface area contributed by atoms with Gasteiger partial charge in [-0.1, -0.05) is 32.0 Å². The molecule has 1 heterocycles. The van der Waals surface area contributed by atoms with Crippen molar-refractivity contribution in [1.82, 2.24) is 15.1 Å². The van der Waals surface area contributed by atoms with Gasteiger partial charge in [-0.3, -0.25) is 4.68 Å². The Morgan fingerprint density at radius 1 is 1.21 bits per heavy atom. The normalized spacial score (nSPS) is 12.2. The van der Waals surface area contributed by atoms with E-state index >= 15 is 0 Å². The Morgan fingerprint density at radius 3 is 2.53 bits per heavy atom. The molecule has 0 saturated carbocycles. The van der Waals surface area contributed by atoms with Crippen molar-refractivity contribution in [2.24, 2.45) is 12.5 Å². The van der Waals surface area contributed by atoms with Crippen LogP contribution in [0.4, 0.5) is 0 Å². The number of aromatic nitrogens is 2. The molecule has 2 rings (SSSR count). The number of rotatable bonds is 6. The summed E-state index contributed by atoms with van der Waals surface area (Å²) in [7, 11) is 4.07. The minimum atomic E-state index is 0.311. The number of benzene rings is 1. The standard InChI is InChI=1S/C16H25N3/c1-5-16(6-2,12-17-3)11-14-13-9-7-8-10-15(13)19(4)18-14/h7-10,17H,5-6,11-12H2,1-4H3. The summed E-state index contributed by atoms with van der Waals surface area (Å²) in [6.45, 7) is 5.61. The monoisotopic (exact) mass is 259 g/mol. The molecule has 0 fully saturated rings. The van der Waals surface area contributed by atoms with Crippen LogP contribution in [0.25, 0.3) is 10.9 Å². The highest BCUT2D eigenvalue weighted by atomic mass is 15.3. The summed E-state index contributed by atoms with van der Waals surface area (Å²) in [5.74, 6) is 0. The van der Waals surface area contributed by atoms with Gasteiger partial charge in [-0.25, -0.2) is 0 Å². The van der Waals surface area contributed by atoms with Crippen LogP contribution in [0, 0.1) is 5.41 Å². The molecule has 2 aromatic rings. The summed E-state index contributed by atoms with van der Waals surface area (Å²) in [5, 5.41) is 9.39. The lowest BCUT2D eigenvalue weighted by Crippen LogP contribution is -2.33. The van der Waals surface area contributed by atoms with E-state index in [4.69, 9.17) is 5.10 Å². The van der Waals surface area contributed by atoms with Crippen LogP contribution in [0.2, 0.25) is 0 Å². The van der Waals surface area contributed by atoms with Crippen molar-refractivity contribution < 1.29 is 0 Å². The molecule has 3 nitrogen and oxygen atoms in total. The van der Waals surface area contributed by atoms with E-state index in [0.29, 0.717) is 5.41 Å². The molecule has 3 heteroatoms. The molecule has 0 aliphatic carbocycles. The lowest BCUT2D eigenvalue weighted by Gasteiger charge is -2.31. The molecule has 1 N–H and O–H groups in total. The third kappa shape index (κ3) is 2.66. The predicted octanol–water partition coefficient (Wildman–Crippen LogP) is 3.14. The molecule has 0 saturated heterocycles. The van der Waals surface area contributed by atoms with Crippen LogP contribution in [-0.4, -0.2) is 23.4 Å². The fraction of sp³-hybridized carbons (Fsp3) is 0.562. The molecule has 0 radical (unpaired) electrons. The van der Waals surface area contributed by atoms with Crippen molar-refractivity contribution in [1.29, 1.82) is 0 Å². The van der Waals surface area contributed by atoms with E-state index < -0.39 is 0 Å². The second-order valence-corrected chi connectivity index (χ2v) is 5.50. The first-order valence-corrected chi connectivity index (χ1v) is 7.21. The van der Waals surface area contributed by atoms with Gasteiger partial charge in [-0.2, -0.15) is 5.10 Å². The first kappa shape index (κ1) is 14.1. The van der Waals surface area contributed by atoms with Crippen LogP contribution in [0.15, 0.2) is 24.3 Å². The number of para-hydroxylation sites is 1. The van der Waals surface area contributed by atoms with Gasteiger partial charge in [-0.15, -0.1) is 0 Å². The van der Waals surface area contributed by atoms with Crippen molar-refractivity contribution in [2.45, 2.75) is 33.1 Å². The van der Waals surface area contributed by atoms with Crippen LogP contribution in [0.3, 0.4) is 0 Å². The topological polar surface area (TPSA) is 29.9 Å². The second-order valence-electron chi connectivity index (χ2n) is 5.50. The minimum absolute atomic E-state index is 0.311. The quantitative estimate of drug-likeness (QED) is 0.863. The smallest absolute Gasteiger partial charge is 0.0709 e. The van der Waals surface area contributed by atoms with Gasteiger partial charge in [0.25, 0.3) is 0 Å². The maximum Gasteiger partial charge on any atom is 0.0709 e. The molecular formula is C16H25N3. The first-order valence-electron chi connectivity index (χ1n) is 7.21. The zero-order valence-corrected chi connectivity index (χ0v) is 12.5. The van der Waals surface area contributed by atoms with E-state index in [1.165, 1.54) is 29.4 Å². The van der Waals surface area contributed by atoms with E-state index in [1.54, 1.807) is 0 Å². The number of nitrogens with one attached hydrogen (secondary N) is 1. The van der Waals surface area contributed by atoms with Crippen molar-refractivity contribution in [3.8, 4) is 0 Å². The third-order valence-electron chi connectivity index (χ3n) is 4.43. The first-order chi connectivity index (χ1) is 9.15. The number of nitrogens with zero attached hydrogens (tertiary/aromatic N) is 2. The van der Waals surface area contributed by atoms with Crippen LogP contribution in [-0.2, 0) is 13.5 Å². The molecule has 0 spiro atoms. The Balaban J connectivity index is 2.39. The van der Waals surface area contributed by atoms with E-state index in [1.807, 2.05) is 18.8 Å². The average Bonchev–Trinajstić information content (AvgIpc) is 2.75. The van der Waals surface area contributed by atoms with Crippen LogP contribution in [0.1, 0.15) is 32.4 Å². The van der Waals surface area contributed by atoms with Crippen molar-refractivity contribution in [2.75, 3.05) is 13.6 Å². The van der Waals surface area contributed by atoms with Gasteiger partial charge in [0.15, 0.2) is 0 Å². The molecule has 0 amide bonds. The number of hydrogen-bond acceptors (Lipinski definition) is 2. The highest BCUT2D eigenvalue weighted by Crippen LogP contribution is 2.32. The van der Waals surface area contributed by atoms with Gasteiger partial charge < -0.3 is 5.32 Å². The lowest BCUT2D eigenvalue weighted by molar-refractivity contribution is 0.251. The fourth-order valence-corrected chi connectivity index (χ4v) is 2.96. The fourth-order valence-electron chi connectivity index (χ4n) is 2.96. The molecule has 19 heavy (non-hydrogen) atoms. The average molecular weight is 259 g/mol. The number of hydrogen-bond donors (Lipinski definition) is 1. The van der Waals surface area contributed by atoms with E-state index in [-0.39, 0.29) is 0 Å². The molecule has 0 unspecified atom stereocenters. The van der Waals surface area contributed by atoms with Gasteiger partial charge in [-0.05, 0) is 37.8 Å². The Bertz CT molecular complexity index is 538. The van der Waals surface area contributed by atoms with Gasteiger partial charge >= 0.3 is 0 Å². The molecule has 0 aliphatic heterocycles. The molecule has 1 aromatic heterocycles. The van der Waals surface area contributed by atoms with Crippen molar-refractivity contribution in [3.05, 3.63) is 30.0 Å². The van der Waals surface area contributed by atoms with E-state index in [2.05, 4.69) is 43.4 Å². The predicted molar refractivity (Wildman–Crippen MR) is 81.4 cm³/mol. The summed E-state index contributed by atoms with van der Waals surface area (Å²) in [6.07, 6.45) is 3.40. The highest BCUT2D eigenvalue weighted by molar-refractivity contribution is 5.81. The maximum atomic E-state index is 4.74. The summed E-state index contributed by atoms with van der Waals surface area (Å²) < 4.78 is 2.00. The Morgan fingerprint density at radius 2 is 1.89 bits per heavy atom. The molecule has 0 atom stereocenters. The zero-order chi connectivity index (χ0) is 13.9. The van der Waals surface area contributed by atoms with Crippen LogP contribution in [0.5, 0.6) is 0 Å². The van der Waals surface area contributed by atoms with Crippen molar-refractivity contribution >= 4 is 10.9 Å². The summed E-state index contributed by atoms with van der Waals surface area (Å²) >= 11 is 0. The van der Waals surface area contributed by atoms with Crippen LogP contribution < -0.4 is 5.32 Å². The van der Waals surface area contributed by atoms with Crippen LogP contribution >= 0.6 is 0 Å². The zero-order valence-electron chi connectivity index (χ0n) is 12.5. The molecule has 0 bridgehead atoms. The molecule has 104 valence electrons. The summed E-state index contributed by atoms with van der Waals surface area (Å²) in [4.78, 5) is 0. The maximum absolute atomic E-state index is 4.74. The second kappa shape index (κ2) is 5.74. The van der Waals surface area contributed by atoms with E-state index in [0.717, 1.165) is 13.0 Å². The van der Waals surface area contributed by atoms with Gasteiger partial charge in [0.05, 0.1) is 11.2 Å². The molecule has 1 aromatic carbocycles. The van der Waals surface area contributed by atoms with Gasteiger partial charge in [0, 0.05) is 19.0 Å². The SMILES string of the molecule is CCC(CC)(CNC)Cc1nn(C)c2ccccc12. The van der Waals surface area contributed by atoms with Gasteiger partial charge in [0.1, 0.15) is 0 Å². The minimum Gasteiger partial charge on any atom is -0.319 e. The highest BCUT2D eigenvalue weighted by Gasteiger charge is 2.27. The largest absolute Gasteiger partial charge is 0.319 e. The summed E-state index contributed by atoms with van der Waals surface area (Å²) in [5.41, 5.74) is 2.77. The Labute approximate surface area is 116 Å². The lowest BCUT2D eigenvalue weighted by atomic mass is 9.77. The summed E-state index contributed by atoms with van der Waals surface area (Å²) in [6, 6.07) is 8.51. The number of aryl methyl sites for hydroxylation is 1. The Hall–Kier alpha value is -1.35. The molecule has 0 aliphatic rings. The van der Waals surface area contributed by atoms with Gasteiger partial charge in [0.2, 0.25) is 0 Å².